The Balaban J connectivity index is 1.59. The van der Waals surface area contributed by atoms with Crippen LogP contribution in [-0.2, 0) is 0 Å². The number of rotatable bonds is 4. The van der Waals surface area contributed by atoms with Gasteiger partial charge in [0, 0.05) is 19.1 Å². The molecular weight excluding hydrogens is 220 g/mol. The molecular formula is C16H32N2. The molecule has 1 aliphatic heterocycles. The van der Waals surface area contributed by atoms with E-state index < -0.39 is 0 Å². The van der Waals surface area contributed by atoms with Crippen LogP contribution in [0.2, 0.25) is 0 Å². The van der Waals surface area contributed by atoms with E-state index in [0.717, 1.165) is 12.0 Å². The van der Waals surface area contributed by atoms with Crippen LogP contribution in [0.3, 0.4) is 0 Å². The van der Waals surface area contributed by atoms with Crippen LogP contribution in [0.4, 0.5) is 0 Å². The van der Waals surface area contributed by atoms with Crippen LogP contribution in [0.15, 0.2) is 0 Å². The quantitative estimate of drug-likeness (QED) is 0.771. The molecule has 1 heterocycles. The van der Waals surface area contributed by atoms with Gasteiger partial charge in [-0.2, -0.15) is 0 Å². The van der Waals surface area contributed by atoms with Crippen molar-refractivity contribution >= 4 is 0 Å². The average molecular weight is 252 g/mol. The third kappa shape index (κ3) is 5.27. The van der Waals surface area contributed by atoms with E-state index in [1.807, 2.05) is 0 Å². The minimum atomic E-state index is 0.818. The van der Waals surface area contributed by atoms with Crippen molar-refractivity contribution in [3.05, 3.63) is 0 Å². The fourth-order valence-electron chi connectivity index (χ4n) is 3.46. The summed E-state index contributed by atoms with van der Waals surface area (Å²) in [4.78, 5) is 2.67. The van der Waals surface area contributed by atoms with E-state index >= 15 is 0 Å². The van der Waals surface area contributed by atoms with Crippen molar-refractivity contribution in [3.8, 4) is 0 Å². The van der Waals surface area contributed by atoms with Crippen molar-refractivity contribution < 1.29 is 0 Å². The lowest BCUT2D eigenvalue weighted by Gasteiger charge is -2.22. The van der Waals surface area contributed by atoms with Crippen LogP contribution in [-0.4, -0.2) is 37.1 Å². The Bertz CT molecular complexity index is 209. The zero-order valence-electron chi connectivity index (χ0n) is 12.3. The molecule has 2 rings (SSSR count). The number of nitrogens with one attached hydrogen (secondary N) is 1. The van der Waals surface area contributed by atoms with E-state index in [0.29, 0.717) is 0 Å². The molecule has 106 valence electrons. The van der Waals surface area contributed by atoms with Crippen LogP contribution in [0.1, 0.15) is 64.7 Å². The summed E-state index contributed by atoms with van der Waals surface area (Å²) in [6.07, 6.45) is 12.9. The van der Waals surface area contributed by atoms with Crippen LogP contribution in [0.5, 0.6) is 0 Å². The number of nitrogens with zero attached hydrogens (tertiary/aromatic N) is 1. The molecule has 0 radical (unpaired) electrons. The van der Waals surface area contributed by atoms with Crippen LogP contribution >= 0.6 is 0 Å². The van der Waals surface area contributed by atoms with Crippen molar-refractivity contribution in [2.45, 2.75) is 70.8 Å². The standard InChI is InChI=1S/C16H32N2/c1-15-7-6-12-18(13-10-15)14-11-17-16-8-4-2-3-5-9-16/h15-17H,2-14H2,1H3. The maximum Gasteiger partial charge on any atom is 0.0107 e. The third-order valence-electron chi connectivity index (χ3n) is 4.83. The first-order chi connectivity index (χ1) is 8.84. The Hall–Kier alpha value is -0.0800. The first-order valence-electron chi connectivity index (χ1n) is 8.30. The van der Waals surface area contributed by atoms with Crippen molar-refractivity contribution in [2.24, 2.45) is 5.92 Å². The second-order valence-electron chi connectivity index (χ2n) is 6.52. The maximum atomic E-state index is 3.80. The second-order valence-corrected chi connectivity index (χ2v) is 6.52. The lowest BCUT2D eigenvalue weighted by molar-refractivity contribution is 0.273. The molecule has 1 saturated heterocycles. The molecule has 0 aromatic rings. The predicted molar refractivity (Wildman–Crippen MR) is 78.9 cm³/mol. The SMILES string of the molecule is CC1CCCN(CCNC2CCCCCC2)CC1. The molecule has 1 N–H and O–H groups in total. The molecule has 2 heteroatoms. The van der Waals surface area contributed by atoms with E-state index in [2.05, 4.69) is 17.1 Å². The van der Waals surface area contributed by atoms with Gasteiger partial charge in [-0.15, -0.1) is 0 Å². The van der Waals surface area contributed by atoms with Gasteiger partial charge in [-0.25, -0.2) is 0 Å². The topological polar surface area (TPSA) is 15.3 Å². The summed E-state index contributed by atoms with van der Waals surface area (Å²) < 4.78 is 0. The largest absolute Gasteiger partial charge is 0.313 e. The Morgan fingerprint density at radius 3 is 2.44 bits per heavy atom. The highest BCUT2D eigenvalue weighted by molar-refractivity contribution is 4.73. The van der Waals surface area contributed by atoms with E-state index in [-0.39, 0.29) is 0 Å². The summed E-state index contributed by atoms with van der Waals surface area (Å²) >= 11 is 0. The Labute approximate surface area is 114 Å². The molecule has 1 saturated carbocycles. The zero-order chi connectivity index (χ0) is 12.6. The molecule has 1 aliphatic carbocycles. The molecule has 0 aromatic heterocycles. The molecule has 0 amide bonds. The summed E-state index contributed by atoms with van der Waals surface area (Å²) in [5.74, 6) is 0.949. The maximum absolute atomic E-state index is 3.80. The highest BCUT2D eigenvalue weighted by Gasteiger charge is 2.14. The Morgan fingerprint density at radius 1 is 0.889 bits per heavy atom. The van der Waals surface area contributed by atoms with E-state index in [9.17, 15) is 0 Å². The fourth-order valence-corrected chi connectivity index (χ4v) is 3.46. The van der Waals surface area contributed by atoms with Crippen molar-refractivity contribution in [1.82, 2.24) is 10.2 Å². The minimum Gasteiger partial charge on any atom is -0.313 e. The van der Waals surface area contributed by atoms with Gasteiger partial charge in [-0.05, 0) is 51.1 Å². The predicted octanol–water partition coefficient (Wildman–Crippen LogP) is 3.42. The molecule has 2 aliphatic rings. The highest BCUT2D eigenvalue weighted by atomic mass is 15.1. The molecule has 2 fully saturated rings. The third-order valence-corrected chi connectivity index (χ3v) is 4.83. The first kappa shape index (κ1) is 14.3. The number of hydrogen-bond acceptors (Lipinski definition) is 2. The van der Waals surface area contributed by atoms with Crippen LogP contribution in [0, 0.1) is 5.92 Å². The van der Waals surface area contributed by atoms with Gasteiger partial charge < -0.3 is 10.2 Å². The van der Waals surface area contributed by atoms with E-state index in [1.54, 1.807) is 0 Å². The summed E-state index contributed by atoms with van der Waals surface area (Å²) in [6.45, 7) is 7.54. The van der Waals surface area contributed by atoms with Gasteiger partial charge in [-0.1, -0.05) is 32.6 Å². The van der Waals surface area contributed by atoms with Gasteiger partial charge in [0.05, 0.1) is 0 Å². The summed E-state index contributed by atoms with van der Waals surface area (Å²) in [5, 5.41) is 3.80. The minimum absolute atomic E-state index is 0.818. The second kappa shape index (κ2) is 8.16. The fraction of sp³-hybridized carbons (Fsp3) is 1.00. The average Bonchev–Trinajstić information content (AvgIpc) is 2.73. The molecule has 18 heavy (non-hydrogen) atoms. The Morgan fingerprint density at radius 2 is 1.67 bits per heavy atom. The molecule has 1 unspecified atom stereocenters. The normalized spacial score (nSPS) is 28.8. The van der Waals surface area contributed by atoms with E-state index in [1.165, 1.54) is 84.0 Å². The van der Waals surface area contributed by atoms with E-state index in [4.69, 9.17) is 0 Å². The van der Waals surface area contributed by atoms with Crippen molar-refractivity contribution in [1.29, 1.82) is 0 Å². The highest BCUT2D eigenvalue weighted by Crippen LogP contribution is 2.18. The summed E-state index contributed by atoms with van der Waals surface area (Å²) in [5.41, 5.74) is 0. The lowest BCUT2D eigenvalue weighted by Crippen LogP contribution is -2.37. The molecule has 1 atom stereocenters. The monoisotopic (exact) mass is 252 g/mol. The van der Waals surface area contributed by atoms with Gasteiger partial charge in [-0.3, -0.25) is 0 Å². The van der Waals surface area contributed by atoms with Gasteiger partial charge in [0.2, 0.25) is 0 Å². The van der Waals surface area contributed by atoms with Gasteiger partial charge in [0.25, 0.3) is 0 Å². The lowest BCUT2D eigenvalue weighted by atomic mass is 10.0. The molecule has 0 spiro atoms. The first-order valence-corrected chi connectivity index (χ1v) is 8.30. The van der Waals surface area contributed by atoms with Crippen LogP contribution in [0.25, 0.3) is 0 Å². The van der Waals surface area contributed by atoms with Gasteiger partial charge >= 0.3 is 0 Å². The van der Waals surface area contributed by atoms with Gasteiger partial charge in [0.1, 0.15) is 0 Å². The Kier molecular flexibility index (Phi) is 6.50. The molecule has 0 aromatic carbocycles. The smallest absolute Gasteiger partial charge is 0.0107 e. The molecule has 2 nitrogen and oxygen atoms in total. The van der Waals surface area contributed by atoms with Crippen LogP contribution < -0.4 is 5.32 Å². The van der Waals surface area contributed by atoms with Gasteiger partial charge in [0.15, 0.2) is 0 Å². The molecule has 0 bridgehead atoms. The van der Waals surface area contributed by atoms with Crippen molar-refractivity contribution in [3.63, 3.8) is 0 Å². The summed E-state index contributed by atoms with van der Waals surface area (Å²) in [6, 6.07) is 0.818. The number of likely N-dealkylation sites (tertiary alicyclic amines) is 1. The van der Waals surface area contributed by atoms with Crippen molar-refractivity contribution in [2.75, 3.05) is 26.2 Å². The zero-order valence-corrected chi connectivity index (χ0v) is 12.3. The number of hydrogen-bond donors (Lipinski definition) is 1. The summed E-state index contributed by atoms with van der Waals surface area (Å²) in [7, 11) is 0.